The van der Waals surface area contributed by atoms with Crippen LogP contribution in [0.1, 0.15) is 28.9 Å². The molecule has 0 aliphatic carbocycles. The van der Waals surface area contributed by atoms with Gasteiger partial charge < -0.3 is 41.5 Å². The topological polar surface area (TPSA) is 215 Å². The van der Waals surface area contributed by atoms with Gasteiger partial charge in [0.2, 0.25) is 17.7 Å². The maximum atomic E-state index is 13.2. The number of benzene rings is 1. The number of carbonyl (C=O) groups excluding carboxylic acids is 3. The third-order valence-electron chi connectivity index (χ3n) is 6.36. The second-order valence-corrected chi connectivity index (χ2v) is 9.72. The van der Waals surface area contributed by atoms with Gasteiger partial charge in [-0.25, -0.2) is 14.8 Å². The van der Waals surface area contributed by atoms with Crippen LogP contribution in [0.4, 0.5) is 11.6 Å². The Morgan fingerprint density at radius 2 is 1.59 bits per heavy atom. The van der Waals surface area contributed by atoms with Gasteiger partial charge in [-0.15, -0.1) is 0 Å². The predicted molar refractivity (Wildman–Crippen MR) is 168 cm³/mol. The number of fused-ring (bicyclic) bond motifs is 1. The van der Waals surface area contributed by atoms with Crippen LogP contribution in [0.5, 0.6) is 0 Å². The van der Waals surface area contributed by atoms with Gasteiger partial charge in [-0.05, 0) is 55.0 Å². The highest BCUT2D eigenvalue weighted by atomic mass is 16.6. The number of aromatic nitrogens is 4. The molecule has 0 bridgehead atoms. The second-order valence-electron chi connectivity index (χ2n) is 9.72. The molecule has 0 unspecified atom stereocenters. The molecule has 1 amide bonds. The molecule has 1 aromatic carbocycles. The summed E-state index contributed by atoms with van der Waals surface area (Å²) in [7, 11) is 0. The van der Waals surface area contributed by atoms with Gasteiger partial charge in [0.05, 0.1) is 18.4 Å². The minimum absolute atomic E-state index is 0.0486. The van der Waals surface area contributed by atoms with Crippen LogP contribution in [0.3, 0.4) is 0 Å². The number of nitrogens with one attached hydrogen (secondary N) is 5. The molecule has 7 N–H and O–H groups in total. The lowest BCUT2D eigenvalue weighted by atomic mass is 10.1. The van der Waals surface area contributed by atoms with Crippen molar-refractivity contribution in [3.8, 4) is 0 Å². The maximum absolute atomic E-state index is 13.2. The first-order valence-corrected chi connectivity index (χ1v) is 14.0. The van der Waals surface area contributed by atoms with E-state index < -0.39 is 29.4 Å². The number of rotatable bonds is 11. The number of carbonyl (C=O) groups is 3. The van der Waals surface area contributed by atoms with Crippen LogP contribution >= 0.6 is 0 Å². The fourth-order valence-electron chi connectivity index (χ4n) is 4.11. The lowest BCUT2D eigenvalue weighted by molar-refractivity contribution is -0.143. The highest BCUT2D eigenvalue weighted by molar-refractivity contribution is 5.97. The van der Waals surface area contributed by atoms with E-state index in [2.05, 4.69) is 41.2 Å². The number of nitrogen functional groups attached to an aromatic ring is 1. The third kappa shape index (κ3) is 8.53. The van der Waals surface area contributed by atoms with E-state index in [4.69, 9.17) is 15.2 Å². The van der Waals surface area contributed by atoms with Crippen molar-refractivity contribution in [3.05, 3.63) is 125 Å². The largest absolute Gasteiger partial charge is 0.410 e. The maximum Gasteiger partial charge on any atom is 0.335 e. The van der Waals surface area contributed by atoms with E-state index in [0.717, 1.165) is 0 Å². The van der Waals surface area contributed by atoms with Gasteiger partial charge >= 0.3 is 17.5 Å². The summed E-state index contributed by atoms with van der Waals surface area (Å²) < 4.78 is 10.8. The first-order valence-electron chi connectivity index (χ1n) is 14.0. The summed E-state index contributed by atoms with van der Waals surface area (Å²) in [5, 5.41) is 11.4. The Balaban J connectivity index is 1.21. The average molecular weight is 624 g/mol. The fraction of sp³-hybridized carbons (Fsp3) is 0.129. The van der Waals surface area contributed by atoms with Gasteiger partial charge in [0.25, 0.3) is 5.91 Å². The standard InChI is InChI=1S/C31H29N9O6/c32-31-39-27-26(29(43)40-31)37-21(18-36-27)17-35-20-11-9-19(10-12-20)28(42)38-22(30(44)46-24-8-4-2-6-16-34-24)13-14-25(41)45-23-7-3-1-5-15-33-23/h1-12,15-16,18,22,33-35H,13-14,17H2,(H,38,42)(H3,32,36,39,40,43)/t22-/m0/s1. The minimum atomic E-state index is -1.17. The van der Waals surface area contributed by atoms with Crippen LogP contribution in [0.15, 0.2) is 108 Å². The van der Waals surface area contributed by atoms with Crippen LogP contribution in [-0.2, 0) is 25.6 Å². The molecule has 5 rings (SSSR count). The van der Waals surface area contributed by atoms with Crippen molar-refractivity contribution < 1.29 is 23.9 Å². The quantitative estimate of drug-likeness (QED) is 0.169. The van der Waals surface area contributed by atoms with Crippen molar-refractivity contribution >= 4 is 40.6 Å². The van der Waals surface area contributed by atoms with Crippen molar-refractivity contribution in [2.24, 2.45) is 0 Å². The van der Waals surface area contributed by atoms with E-state index in [0.29, 0.717) is 11.4 Å². The van der Waals surface area contributed by atoms with E-state index in [1.54, 1.807) is 85.3 Å². The molecular weight excluding hydrogens is 594 g/mol. The van der Waals surface area contributed by atoms with Crippen LogP contribution < -0.4 is 32.6 Å². The van der Waals surface area contributed by atoms with Gasteiger partial charge in [0.1, 0.15) is 6.04 Å². The number of hydrogen-bond acceptors (Lipinski definition) is 13. The van der Waals surface area contributed by atoms with Gasteiger partial charge in [-0.1, -0.05) is 24.3 Å². The van der Waals surface area contributed by atoms with E-state index >= 15 is 0 Å². The Morgan fingerprint density at radius 3 is 2.30 bits per heavy atom. The molecule has 1 atom stereocenters. The molecule has 2 aromatic heterocycles. The van der Waals surface area contributed by atoms with Crippen molar-refractivity contribution in [2.75, 3.05) is 11.1 Å². The summed E-state index contributed by atoms with van der Waals surface area (Å²) in [4.78, 5) is 65.7. The lowest BCUT2D eigenvalue weighted by Gasteiger charge is -2.18. The summed E-state index contributed by atoms with van der Waals surface area (Å²) in [6.45, 7) is 0.232. The number of hydrogen-bond donors (Lipinski definition) is 6. The molecule has 46 heavy (non-hydrogen) atoms. The van der Waals surface area contributed by atoms with E-state index in [1.807, 2.05) is 0 Å². The van der Waals surface area contributed by atoms with Crippen LogP contribution in [-0.4, -0.2) is 43.8 Å². The lowest BCUT2D eigenvalue weighted by Crippen LogP contribution is -2.42. The number of H-pyrrole nitrogens is 1. The normalized spacial score (nSPS) is 14.1. The molecular formula is C31H29N9O6. The summed E-state index contributed by atoms with van der Waals surface area (Å²) in [5.74, 6) is -1.61. The molecule has 0 fully saturated rings. The minimum Gasteiger partial charge on any atom is -0.410 e. The van der Waals surface area contributed by atoms with Gasteiger partial charge in [-0.2, -0.15) is 4.98 Å². The van der Waals surface area contributed by atoms with Gasteiger partial charge in [-0.3, -0.25) is 14.4 Å². The number of amides is 1. The number of anilines is 2. The molecule has 0 radical (unpaired) electrons. The zero-order chi connectivity index (χ0) is 32.3. The zero-order valence-electron chi connectivity index (χ0n) is 24.2. The van der Waals surface area contributed by atoms with Crippen LogP contribution in [0.25, 0.3) is 11.2 Å². The number of esters is 2. The first kappa shape index (κ1) is 30.9. The van der Waals surface area contributed by atoms with Crippen molar-refractivity contribution in [3.63, 3.8) is 0 Å². The molecule has 0 spiro atoms. The molecule has 15 heteroatoms. The Labute approximate surface area is 261 Å². The number of ether oxygens (including phenoxy) is 2. The van der Waals surface area contributed by atoms with E-state index in [9.17, 15) is 19.2 Å². The summed E-state index contributed by atoms with van der Waals surface area (Å²) >= 11 is 0. The summed E-state index contributed by atoms with van der Waals surface area (Å²) in [6, 6.07) is 5.28. The van der Waals surface area contributed by atoms with Crippen molar-refractivity contribution in [2.45, 2.75) is 25.4 Å². The highest BCUT2D eigenvalue weighted by Gasteiger charge is 2.26. The number of allylic oxidation sites excluding steroid dienone is 8. The fourth-order valence-corrected chi connectivity index (χ4v) is 4.11. The zero-order valence-corrected chi connectivity index (χ0v) is 24.2. The monoisotopic (exact) mass is 623 g/mol. The Bertz CT molecular complexity index is 1870. The average Bonchev–Trinajstić information content (AvgIpc) is 3.47. The van der Waals surface area contributed by atoms with E-state index in [-0.39, 0.29) is 53.8 Å². The Morgan fingerprint density at radius 1 is 0.891 bits per heavy atom. The van der Waals surface area contributed by atoms with Gasteiger partial charge in [0, 0.05) is 30.1 Å². The Kier molecular flexibility index (Phi) is 9.94. The van der Waals surface area contributed by atoms with Gasteiger partial charge in [0.15, 0.2) is 11.2 Å². The molecule has 0 saturated carbocycles. The van der Waals surface area contributed by atoms with Crippen molar-refractivity contribution in [1.29, 1.82) is 0 Å². The molecule has 234 valence electrons. The Hall–Kier alpha value is -6.51. The van der Waals surface area contributed by atoms with Crippen LogP contribution in [0, 0.1) is 0 Å². The molecule has 15 nitrogen and oxygen atoms in total. The summed E-state index contributed by atoms with van der Waals surface area (Å²) in [5.41, 5.74) is 6.65. The molecule has 4 heterocycles. The number of aromatic amines is 1. The molecule has 2 aliphatic heterocycles. The van der Waals surface area contributed by atoms with Crippen molar-refractivity contribution in [1.82, 2.24) is 35.9 Å². The van der Waals surface area contributed by atoms with E-state index in [1.165, 1.54) is 6.20 Å². The summed E-state index contributed by atoms with van der Waals surface area (Å²) in [6.07, 6.45) is 17.9. The number of nitrogens with zero attached hydrogens (tertiary/aromatic N) is 3. The highest BCUT2D eigenvalue weighted by Crippen LogP contribution is 2.14. The first-order chi connectivity index (χ1) is 22.3. The number of nitrogens with two attached hydrogens (primary N) is 1. The molecule has 2 aliphatic rings. The SMILES string of the molecule is Nc1nc(=O)c2nc(CNc3ccc(C(=O)N[C@@H](CCC(=O)OC4=CC=CC=CN4)C(=O)OC4=CC=CC=CN4)cc3)cnc2[nH]1. The second kappa shape index (κ2) is 14.8. The predicted octanol–water partition coefficient (Wildman–Crippen LogP) is 1.90. The molecule has 0 saturated heterocycles. The third-order valence-corrected chi connectivity index (χ3v) is 6.36. The molecule has 3 aromatic rings. The smallest absolute Gasteiger partial charge is 0.335 e. The van der Waals surface area contributed by atoms with Crippen LogP contribution in [0.2, 0.25) is 0 Å².